The van der Waals surface area contributed by atoms with Crippen molar-refractivity contribution in [2.24, 2.45) is 0 Å². The second kappa shape index (κ2) is 10.8. The van der Waals surface area contributed by atoms with Crippen LogP contribution in [-0.4, -0.2) is 37.7 Å². The monoisotopic (exact) mass is 563 g/mol. The average Bonchev–Trinajstić information content (AvgIpc) is 2.87. The molecule has 3 aromatic rings. The van der Waals surface area contributed by atoms with Crippen LogP contribution in [0.4, 0.5) is 13.2 Å². The number of amides is 1. The number of benzene rings is 3. The number of hydrogen-bond donors (Lipinski definition) is 0. The molecule has 0 bridgehead atoms. The van der Waals surface area contributed by atoms with Gasteiger partial charge in [0, 0.05) is 16.6 Å². The molecule has 0 aromatic heterocycles. The topological polar surface area (TPSA) is 48.0 Å². The molecule has 0 N–H and O–H groups in total. The van der Waals surface area contributed by atoms with Gasteiger partial charge >= 0.3 is 12.1 Å². The van der Waals surface area contributed by atoms with Crippen LogP contribution < -0.4 is 14.2 Å². The summed E-state index contributed by atoms with van der Waals surface area (Å²) in [6, 6.07) is 17.5. The summed E-state index contributed by atoms with van der Waals surface area (Å²) in [6.07, 6.45) is -4.64. The van der Waals surface area contributed by atoms with Gasteiger partial charge in [0.05, 0.1) is 20.3 Å². The van der Waals surface area contributed by atoms with Gasteiger partial charge in [-0.3, -0.25) is 4.79 Å². The third-order valence-corrected chi connectivity index (χ3v) is 6.97. The minimum Gasteiger partial charge on any atom is -0.492 e. The number of fused-ring (bicyclic) bond motifs is 1. The predicted octanol–water partition coefficient (Wildman–Crippen LogP) is 6.28. The smallest absolute Gasteiger partial charge is 0.471 e. The average molecular weight is 564 g/mol. The van der Waals surface area contributed by atoms with E-state index < -0.39 is 18.1 Å². The number of carbonyl (C=O) groups excluding carboxylic acids is 1. The van der Waals surface area contributed by atoms with Crippen LogP contribution in [0.15, 0.2) is 65.1 Å². The molecule has 0 fully saturated rings. The van der Waals surface area contributed by atoms with Gasteiger partial charge in [0.25, 0.3) is 0 Å². The van der Waals surface area contributed by atoms with E-state index in [0.717, 1.165) is 20.5 Å². The van der Waals surface area contributed by atoms with Crippen molar-refractivity contribution >= 4 is 21.8 Å². The highest BCUT2D eigenvalue weighted by atomic mass is 79.9. The molecule has 0 saturated heterocycles. The van der Waals surface area contributed by atoms with E-state index in [1.54, 1.807) is 6.07 Å². The molecule has 4 rings (SSSR count). The molecular formula is C27H25BrF3NO4. The number of hydrogen-bond acceptors (Lipinski definition) is 4. The van der Waals surface area contributed by atoms with Crippen LogP contribution >= 0.6 is 15.9 Å². The van der Waals surface area contributed by atoms with E-state index in [1.807, 2.05) is 54.6 Å². The maximum atomic E-state index is 13.6. The van der Waals surface area contributed by atoms with Gasteiger partial charge in [-0.2, -0.15) is 13.2 Å². The molecule has 0 radical (unpaired) electrons. The van der Waals surface area contributed by atoms with Crippen LogP contribution in [0.3, 0.4) is 0 Å². The number of methoxy groups -OCH3 is 2. The Bertz CT molecular complexity index is 1230. The maximum absolute atomic E-state index is 13.6. The van der Waals surface area contributed by atoms with E-state index >= 15 is 0 Å². The molecule has 36 heavy (non-hydrogen) atoms. The number of nitrogens with zero attached hydrogens (tertiary/aromatic N) is 1. The molecule has 1 aliphatic heterocycles. The number of alkyl halides is 3. The largest absolute Gasteiger partial charge is 0.492 e. The maximum Gasteiger partial charge on any atom is 0.471 e. The van der Waals surface area contributed by atoms with Crippen molar-refractivity contribution in [3.05, 3.63) is 87.4 Å². The Labute approximate surface area is 215 Å². The first kappa shape index (κ1) is 25.9. The lowest BCUT2D eigenvalue weighted by Crippen LogP contribution is -2.47. The van der Waals surface area contributed by atoms with E-state index in [-0.39, 0.29) is 26.0 Å². The SMILES string of the molecule is COc1c(OCc2ccccc2)cc2c(c1OC)CCN(C(=O)C(F)(F)F)C2Cc1ccccc1Br. The lowest BCUT2D eigenvalue weighted by Gasteiger charge is -2.39. The zero-order valence-corrected chi connectivity index (χ0v) is 21.4. The van der Waals surface area contributed by atoms with Crippen molar-refractivity contribution in [2.45, 2.75) is 31.7 Å². The Hall–Kier alpha value is -3.20. The summed E-state index contributed by atoms with van der Waals surface area (Å²) in [5.74, 6) is -0.779. The fraction of sp³-hybridized carbons (Fsp3) is 0.296. The lowest BCUT2D eigenvalue weighted by molar-refractivity contribution is -0.188. The van der Waals surface area contributed by atoms with Crippen LogP contribution in [-0.2, 0) is 24.2 Å². The van der Waals surface area contributed by atoms with Crippen molar-refractivity contribution in [2.75, 3.05) is 20.8 Å². The number of halogens is 4. The van der Waals surface area contributed by atoms with Crippen molar-refractivity contribution in [1.82, 2.24) is 4.90 Å². The summed E-state index contributed by atoms with van der Waals surface area (Å²) in [6.45, 7) is 0.115. The second-order valence-corrected chi connectivity index (χ2v) is 9.20. The Morgan fingerprint density at radius 1 is 1.03 bits per heavy atom. The highest BCUT2D eigenvalue weighted by Crippen LogP contribution is 2.48. The fourth-order valence-corrected chi connectivity index (χ4v) is 4.98. The van der Waals surface area contributed by atoms with Gasteiger partial charge in [-0.15, -0.1) is 0 Å². The molecule has 0 spiro atoms. The molecule has 1 heterocycles. The number of carbonyl (C=O) groups is 1. The molecule has 1 atom stereocenters. The quantitative estimate of drug-likeness (QED) is 0.339. The van der Waals surface area contributed by atoms with Gasteiger partial charge in [-0.1, -0.05) is 64.5 Å². The second-order valence-electron chi connectivity index (χ2n) is 8.34. The first-order valence-corrected chi connectivity index (χ1v) is 12.1. The zero-order valence-electron chi connectivity index (χ0n) is 19.8. The van der Waals surface area contributed by atoms with Crippen molar-refractivity contribution < 1.29 is 32.2 Å². The Kier molecular flexibility index (Phi) is 7.78. The first-order chi connectivity index (χ1) is 17.2. The minimum absolute atomic E-state index is 0.107. The third-order valence-electron chi connectivity index (χ3n) is 6.20. The molecule has 1 amide bonds. The number of rotatable bonds is 7. The van der Waals surface area contributed by atoms with Gasteiger partial charge in [-0.05, 0) is 41.7 Å². The molecule has 190 valence electrons. The Balaban J connectivity index is 1.82. The lowest BCUT2D eigenvalue weighted by atomic mass is 9.87. The van der Waals surface area contributed by atoms with Crippen LogP contribution in [0.25, 0.3) is 0 Å². The van der Waals surface area contributed by atoms with Crippen LogP contribution in [0.1, 0.15) is 28.3 Å². The highest BCUT2D eigenvalue weighted by Gasteiger charge is 2.47. The van der Waals surface area contributed by atoms with Crippen LogP contribution in [0.5, 0.6) is 17.2 Å². The molecule has 9 heteroatoms. The summed E-state index contributed by atoms with van der Waals surface area (Å²) in [4.78, 5) is 13.4. The summed E-state index contributed by atoms with van der Waals surface area (Å²) in [5, 5.41) is 0. The van der Waals surface area contributed by atoms with Crippen LogP contribution in [0, 0.1) is 0 Å². The third kappa shape index (κ3) is 5.31. The van der Waals surface area contributed by atoms with E-state index in [0.29, 0.717) is 28.4 Å². The van der Waals surface area contributed by atoms with E-state index in [4.69, 9.17) is 14.2 Å². The minimum atomic E-state index is -4.99. The molecule has 3 aromatic carbocycles. The predicted molar refractivity (Wildman–Crippen MR) is 132 cm³/mol. The van der Waals surface area contributed by atoms with Crippen molar-refractivity contribution in [1.29, 1.82) is 0 Å². The van der Waals surface area contributed by atoms with Gasteiger partial charge < -0.3 is 19.1 Å². The summed E-state index contributed by atoms with van der Waals surface area (Å²) < 4.78 is 58.8. The highest BCUT2D eigenvalue weighted by molar-refractivity contribution is 9.10. The van der Waals surface area contributed by atoms with Gasteiger partial charge in [0.15, 0.2) is 11.5 Å². The first-order valence-electron chi connectivity index (χ1n) is 11.3. The molecule has 0 aliphatic carbocycles. The Morgan fingerprint density at radius 3 is 2.33 bits per heavy atom. The summed E-state index contributed by atoms with van der Waals surface area (Å²) in [5.41, 5.74) is 2.92. The van der Waals surface area contributed by atoms with E-state index in [2.05, 4.69) is 15.9 Å². The van der Waals surface area contributed by atoms with E-state index in [1.165, 1.54) is 14.2 Å². The standard InChI is InChI=1S/C27H25BrF3NO4/c1-34-24-19-12-13-32(26(33)27(29,30)31)22(14-18-10-6-7-11-21(18)28)20(19)15-23(25(24)35-2)36-16-17-8-4-3-5-9-17/h3-11,15,22H,12-14,16H2,1-2H3. The number of ether oxygens (including phenoxy) is 3. The van der Waals surface area contributed by atoms with Gasteiger partial charge in [0.2, 0.25) is 5.75 Å². The molecular weight excluding hydrogens is 539 g/mol. The molecule has 1 unspecified atom stereocenters. The van der Waals surface area contributed by atoms with Crippen molar-refractivity contribution in [3.63, 3.8) is 0 Å². The Morgan fingerprint density at radius 2 is 1.69 bits per heavy atom. The van der Waals surface area contributed by atoms with Crippen molar-refractivity contribution in [3.8, 4) is 17.2 Å². The fourth-order valence-electron chi connectivity index (χ4n) is 4.54. The molecule has 5 nitrogen and oxygen atoms in total. The van der Waals surface area contributed by atoms with E-state index in [9.17, 15) is 18.0 Å². The van der Waals surface area contributed by atoms with Crippen LogP contribution in [0.2, 0.25) is 0 Å². The molecule has 0 saturated carbocycles. The van der Waals surface area contributed by atoms with Gasteiger partial charge in [-0.25, -0.2) is 0 Å². The summed E-state index contributed by atoms with van der Waals surface area (Å²) >= 11 is 3.48. The van der Waals surface area contributed by atoms with Gasteiger partial charge in [0.1, 0.15) is 6.61 Å². The summed E-state index contributed by atoms with van der Waals surface area (Å²) in [7, 11) is 2.97. The normalized spacial score (nSPS) is 15.3. The zero-order chi connectivity index (χ0) is 25.9. The molecule has 1 aliphatic rings.